The maximum absolute atomic E-state index is 5.39. The Kier molecular flexibility index (Phi) is 6.28. The molecule has 220 valence electrons. The fourth-order valence-electron chi connectivity index (χ4n) is 7.02. The summed E-state index contributed by atoms with van der Waals surface area (Å²) in [5.41, 5.74) is 11.5. The number of anilines is 2. The molecule has 2 atom stereocenters. The Morgan fingerprint density at radius 3 is 1.89 bits per heavy atom. The first kappa shape index (κ1) is 26.5. The van der Waals surface area contributed by atoms with Gasteiger partial charge in [-0.25, -0.2) is 4.99 Å². The molecule has 46 heavy (non-hydrogen) atoms. The fourth-order valence-corrected chi connectivity index (χ4v) is 7.02. The molecule has 0 bridgehead atoms. The van der Waals surface area contributed by atoms with Crippen molar-refractivity contribution >= 4 is 28.1 Å². The standard InChI is InChI=1S/C41H31N5/c1-4-16-28(17-5-1)39-42-40(29-18-6-2-7-19-29)44-41(43-39)46-35-26-14-11-23-32(35)37-31-22-10-13-25-34(31)45(30-20-8-3-9-21-30)38(37)33-24-12-15-27-36(33)46/h1-27,39,41,43H,(H,42,44). The molecule has 2 aliphatic rings. The topological polar surface area (TPSA) is 44.6 Å². The van der Waals surface area contributed by atoms with Crippen LogP contribution in [0, 0.1) is 0 Å². The van der Waals surface area contributed by atoms with Gasteiger partial charge in [0.15, 0.2) is 6.29 Å². The first-order chi connectivity index (χ1) is 22.8. The molecule has 0 aliphatic carbocycles. The lowest BCUT2D eigenvalue weighted by Crippen LogP contribution is -2.54. The quantitative estimate of drug-likeness (QED) is 0.214. The van der Waals surface area contributed by atoms with Gasteiger partial charge in [0.25, 0.3) is 0 Å². The van der Waals surface area contributed by atoms with Crippen LogP contribution in [0.15, 0.2) is 169 Å². The lowest BCUT2D eigenvalue weighted by atomic mass is 9.98. The van der Waals surface area contributed by atoms with Crippen molar-refractivity contribution < 1.29 is 0 Å². The summed E-state index contributed by atoms with van der Waals surface area (Å²) in [6.07, 6.45) is -0.549. The lowest BCUT2D eigenvalue weighted by Gasteiger charge is -2.39. The Balaban J connectivity index is 1.33. The molecule has 1 aromatic heterocycles. The maximum atomic E-state index is 5.39. The number of benzene rings is 6. The molecule has 0 amide bonds. The Labute approximate surface area is 268 Å². The third-order valence-electron chi connectivity index (χ3n) is 9.01. The molecule has 0 spiro atoms. The van der Waals surface area contributed by atoms with Crippen LogP contribution in [0.4, 0.5) is 11.4 Å². The normalized spacial score (nSPS) is 16.9. The number of hydrogen-bond acceptors (Lipinski definition) is 4. The molecule has 0 saturated carbocycles. The number of nitrogens with one attached hydrogen (secondary N) is 2. The number of rotatable bonds is 4. The van der Waals surface area contributed by atoms with E-state index in [1.165, 1.54) is 27.7 Å². The lowest BCUT2D eigenvalue weighted by molar-refractivity contribution is 0.404. The van der Waals surface area contributed by atoms with Crippen LogP contribution < -0.4 is 15.5 Å². The van der Waals surface area contributed by atoms with Gasteiger partial charge in [0.2, 0.25) is 0 Å². The second kappa shape index (κ2) is 10.9. The minimum atomic E-state index is -0.399. The highest BCUT2D eigenvalue weighted by Gasteiger charge is 2.36. The van der Waals surface area contributed by atoms with Gasteiger partial charge in [-0.2, -0.15) is 0 Å². The maximum Gasteiger partial charge on any atom is 0.184 e. The third kappa shape index (κ3) is 4.25. The number of aliphatic imine (C=N–C) groups is 1. The molecule has 3 heterocycles. The van der Waals surface area contributed by atoms with E-state index in [9.17, 15) is 0 Å². The molecule has 0 fully saturated rings. The second-order valence-corrected chi connectivity index (χ2v) is 11.7. The Morgan fingerprint density at radius 1 is 0.543 bits per heavy atom. The molecule has 2 unspecified atom stereocenters. The SMILES string of the molecule is c1ccc(C2=NC(N3c4ccccc4-c4c(n(-c5ccccc5)c5ccccc45)-c4ccccc43)NC(c3ccccc3)N2)cc1. The Bertz CT molecular complexity index is 2220. The van der Waals surface area contributed by atoms with E-state index in [-0.39, 0.29) is 6.17 Å². The highest BCUT2D eigenvalue weighted by molar-refractivity contribution is 6.12. The molecule has 7 aromatic rings. The average molecular weight is 594 g/mol. The van der Waals surface area contributed by atoms with Gasteiger partial charge in [-0.15, -0.1) is 0 Å². The van der Waals surface area contributed by atoms with Crippen LogP contribution in [0.25, 0.3) is 39.0 Å². The summed E-state index contributed by atoms with van der Waals surface area (Å²) in [4.78, 5) is 7.78. The summed E-state index contributed by atoms with van der Waals surface area (Å²) in [6, 6.07) is 57.9. The Morgan fingerprint density at radius 2 is 1.13 bits per heavy atom. The molecule has 2 N–H and O–H groups in total. The molecule has 9 rings (SSSR count). The van der Waals surface area contributed by atoms with E-state index in [1.54, 1.807) is 0 Å². The summed E-state index contributed by atoms with van der Waals surface area (Å²) < 4.78 is 2.42. The van der Waals surface area contributed by atoms with Crippen LogP contribution in [-0.2, 0) is 0 Å². The van der Waals surface area contributed by atoms with Crippen molar-refractivity contribution in [2.24, 2.45) is 4.99 Å². The molecule has 2 aliphatic heterocycles. The highest BCUT2D eigenvalue weighted by Crippen LogP contribution is 2.52. The highest BCUT2D eigenvalue weighted by atomic mass is 15.4. The van der Waals surface area contributed by atoms with Crippen molar-refractivity contribution in [2.75, 3.05) is 4.90 Å². The Hall–Kier alpha value is -5.91. The van der Waals surface area contributed by atoms with Gasteiger partial charge >= 0.3 is 0 Å². The predicted octanol–water partition coefficient (Wildman–Crippen LogP) is 9.04. The number of nitrogens with zero attached hydrogens (tertiary/aromatic N) is 3. The van der Waals surface area contributed by atoms with Crippen LogP contribution in [-0.4, -0.2) is 16.7 Å². The fraction of sp³-hybridized carbons (Fsp3) is 0.0488. The van der Waals surface area contributed by atoms with Crippen molar-refractivity contribution in [3.8, 4) is 28.1 Å². The zero-order valence-corrected chi connectivity index (χ0v) is 25.1. The average Bonchev–Trinajstić information content (AvgIpc) is 3.42. The summed E-state index contributed by atoms with van der Waals surface area (Å²) in [5, 5.41) is 8.79. The van der Waals surface area contributed by atoms with Gasteiger partial charge in [-0.05, 0) is 35.9 Å². The summed E-state index contributed by atoms with van der Waals surface area (Å²) in [5.74, 6) is 0.856. The van der Waals surface area contributed by atoms with Crippen LogP contribution >= 0.6 is 0 Å². The molecule has 0 saturated heterocycles. The first-order valence-corrected chi connectivity index (χ1v) is 15.7. The van der Waals surface area contributed by atoms with Crippen molar-refractivity contribution in [1.82, 2.24) is 15.2 Å². The number of amidine groups is 1. The van der Waals surface area contributed by atoms with Crippen molar-refractivity contribution in [3.05, 3.63) is 175 Å². The summed E-state index contributed by atoms with van der Waals surface area (Å²) in [6.45, 7) is 0. The summed E-state index contributed by atoms with van der Waals surface area (Å²) >= 11 is 0. The smallest absolute Gasteiger partial charge is 0.184 e. The van der Waals surface area contributed by atoms with Crippen LogP contribution in [0.5, 0.6) is 0 Å². The van der Waals surface area contributed by atoms with Crippen molar-refractivity contribution in [2.45, 2.75) is 12.5 Å². The van der Waals surface area contributed by atoms with Gasteiger partial charge in [-0.1, -0.05) is 133 Å². The zero-order chi connectivity index (χ0) is 30.5. The summed E-state index contributed by atoms with van der Waals surface area (Å²) in [7, 11) is 0. The number of hydrogen-bond donors (Lipinski definition) is 2. The predicted molar refractivity (Wildman–Crippen MR) is 189 cm³/mol. The monoisotopic (exact) mass is 593 g/mol. The largest absolute Gasteiger partial charge is 0.350 e. The van der Waals surface area contributed by atoms with E-state index in [0.29, 0.717) is 0 Å². The van der Waals surface area contributed by atoms with E-state index < -0.39 is 6.29 Å². The van der Waals surface area contributed by atoms with Crippen LogP contribution in [0.3, 0.4) is 0 Å². The zero-order valence-electron chi connectivity index (χ0n) is 25.1. The van der Waals surface area contributed by atoms with E-state index in [2.05, 4.69) is 178 Å². The van der Waals surface area contributed by atoms with Gasteiger partial charge in [0.05, 0.1) is 22.6 Å². The van der Waals surface area contributed by atoms with Gasteiger partial charge < -0.3 is 14.8 Å². The van der Waals surface area contributed by atoms with Crippen molar-refractivity contribution in [3.63, 3.8) is 0 Å². The second-order valence-electron chi connectivity index (χ2n) is 11.7. The van der Waals surface area contributed by atoms with E-state index in [1.807, 2.05) is 6.07 Å². The molecule has 5 heteroatoms. The molecule has 5 nitrogen and oxygen atoms in total. The van der Waals surface area contributed by atoms with Crippen LogP contribution in [0.2, 0.25) is 0 Å². The number of aromatic nitrogens is 1. The molecule has 6 aromatic carbocycles. The minimum Gasteiger partial charge on any atom is -0.350 e. The van der Waals surface area contributed by atoms with Crippen molar-refractivity contribution in [1.29, 1.82) is 0 Å². The van der Waals surface area contributed by atoms with Gasteiger partial charge in [0, 0.05) is 33.3 Å². The van der Waals surface area contributed by atoms with E-state index in [0.717, 1.165) is 39.6 Å². The third-order valence-corrected chi connectivity index (χ3v) is 9.01. The number of fused-ring (bicyclic) bond motifs is 7. The molecular formula is C41H31N5. The van der Waals surface area contributed by atoms with Gasteiger partial charge in [0.1, 0.15) is 12.0 Å². The van der Waals surface area contributed by atoms with E-state index >= 15 is 0 Å². The first-order valence-electron chi connectivity index (χ1n) is 15.7. The van der Waals surface area contributed by atoms with Crippen LogP contribution in [0.1, 0.15) is 17.3 Å². The minimum absolute atomic E-state index is 0.150. The molecular weight excluding hydrogens is 562 g/mol. The van der Waals surface area contributed by atoms with E-state index in [4.69, 9.17) is 4.99 Å². The number of para-hydroxylation sites is 4. The van der Waals surface area contributed by atoms with Gasteiger partial charge in [-0.3, -0.25) is 5.32 Å². The molecule has 0 radical (unpaired) electrons.